The highest BCUT2D eigenvalue weighted by molar-refractivity contribution is 5.94. The molecular formula is C24H32N6O3. The van der Waals surface area contributed by atoms with E-state index in [1.165, 1.54) is 0 Å². The average molecular weight is 453 g/mol. The first-order chi connectivity index (χ1) is 15.8. The topological polar surface area (TPSA) is 99.7 Å². The number of nitrogens with one attached hydrogen (secondary N) is 2. The van der Waals surface area contributed by atoms with Gasteiger partial charge in [-0.05, 0) is 57.0 Å². The third kappa shape index (κ3) is 5.08. The van der Waals surface area contributed by atoms with Crippen LogP contribution in [0.5, 0.6) is 0 Å². The number of benzene rings is 1. The molecule has 1 aromatic heterocycles. The predicted molar refractivity (Wildman–Crippen MR) is 127 cm³/mol. The molecule has 176 valence electrons. The van der Waals surface area contributed by atoms with Crippen LogP contribution in [0.25, 0.3) is 11.3 Å². The summed E-state index contributed by atoms with van der Waals surface area (Å²) < 4.78 is 5.30. The van der Waals surface area contributed by atoms with Gasteiger partial charge in [0.1, 0.15) is 0 Å². The summed E-state index contributed by atoms with van der Waals surface area (Å²) in [6.07, 6.45) is -0.0818. The molecule has 2 aliphatic rings. The van der Waals surface area contributed by atoms with Crippen molar-refractivity contribution in [3.63, 3.8) is 0 Å². The Balaban J connectivity index is 1.64. The van der Waals surface area contributed by atoms with Crippen LogP contribution in [0.15, 0.2) is 30.3 Å². The second kappa shape index (κ2) is 9.74. The van der Waals surface area contributed by atoms with E-state index in [9.17, 15) is 9.59 Å². The number of ether oxygens (including phenoxy) is 1. The molecule has 2 aliphatic heterocycles. The Morgan fingerprint density at radius 1 is 1.15 bits per heavy atom. The quantitative estimate of drug-likeness (QED) is 0.736. The van der Waals surface area contributed by atoms with Gasteiger partial charge in [0, 0.05) is 50.4 Å². The summed E-state index contributed by atoms with van der Waals surface area (Å²) in [6, 6.07) is 9.50. The lowest BCUT2D eigenvalue weighted by molar-refractivity contribution is -0.117. The minimum absolute atomic E-state index is 0.0279. The van der Waals surface area contributed by atoms with Crippen molar-refractivity contribution < 1.29 is 14.3 Å². The van der Waals surface area contributed by atoms with E-state index in [0.717, 1.165) is 54.5 Å². The molecule has 3 heterocycles. The largest absolute Gasteiger partial charge is 0.447 e. The summed E-state index contributed by atoms with van der Waals surface area (Å²) in [7, 11) is 0. The number of carbonyl (C=O) groups excluding carboxylic acids is 2. The van der Waals surface area contributed by atoms with Crippen LogP contribution in [0.2, 0.25) is 0 Å². The Bertz CT molecular complexity index is 1000. The number of alkyl carbamates (subject to hydrolysis) is 1. The number of anilines is 2. The van der Waals surface area contributed by atoms with Crippen molar-refractivity contribution in [2.24, 2.45) is 0 Å². The molecular weight excluding hydrogens is 420 g/mol. The van der Waals surface area contributed by atoms with Crippen LogP contribution in [0.1, 0.15) is 45.7 Å². The Kier molecular flexibility index (Phi) is 6.78. The van der Waals surface area contributed by atoms with Gasteiger partial charge in [-0.1, -0.05) is 6.07 Å². The standard InChI is InChI=1S/C24H32N6O3/c1-15(2)33-24(32)26-21-13-16(3)30(17(4)31)22-7-5-18(14-19(21)22)20-6-8-23(28-27-20)29-11-9-25-10-12-29/h5-8,14-16,21,25H,9-13H2,1-4H3,(H,26,32)/t16-,21?/m1/s1. The maximum atomic E-state index is 12.4. The van der Waals surface area contributed by atoms with Crippen LogP contribution in [-0.4, -0.2) is 60.5 Å². The monoisotopic (exact) mass is 452 g/mol. The van der Waals surface area contributed by atoms with Gasteiger partial charge in [-0.2, -0.15) is 0 Å². The molecule has 2 amide bonds. The van der Waals surface area contributed by atoms with Gasteiger partial charge < -0.3 is 25.2 Å². The molecule has 0 spiro atoms. The molecule has 1 unspecified atom stereocenters. The van der Waals surface area contributed by atoms with E-state index in [2.05, 4.69) is 25.7 Å². The normalized spacial score (nSPS) is 20.4. The van der Waals surface area contributed by atoms with Crippen LogP contribution in [-0.2, 0) is 9.53 Å². The summed E-state index contributed by atoms with van der Waals surface area (Å²) >= 11 is 0. The lowest BCUT2D eigenvalue weighted by Crippen LogP contribution is -2.45. The molecule has 1 fully saturated rings. The number of hydrogen-bond donors (Lipinski definition) is 2. The minimum atomic E-state index is -0.463. The van der Waals surface area contributed by atoms with Crippen molar-refractivity contribution in [3.8, 4) is 11.3 Å². The lowest BCUT2D eigenvalue weighted by Gasteiger charge is -2.39. The summed E-state index contributed by atoms with van der Waals surface area (Å²) in [4.78, 5) is 28.7. The van der Waals surface area contributed by atoms with E-state index in [1.54, 1.807) is 11.8 Å². The van der Waals surface area contributed by atoms with Gasteiger partial charge in [0.2, 0.25) is 5.91 Å². The molecule has 1 aromatic carbocycles. The number of piperazine rings is 1. The fraction of sp³-hybridized carbons (Fsp3) is 0.500. The number of carbonyl (C=O) groups is 2. The third-order valence-electron chi connectivity index (χ3n) is 6.04. The van der Waals surface area contributed by atoms with Crippen molar-refractivity contribution in [3.05, 3.63) is 35.9 Å². The highest BCUT2D eigenvalue weighted by Gasteiger charge is 2.34. The zero-order valence-corrected chi connectivity index (χ0v) is 19.7. The number of rotatable bonds is 4. The van der Waals surface area contributed by atoms with Gasteiger partial charge in [-0.3, -0.25) is 4.79 Å². The molecule has 1 saturated heterocycles. The first-order valence-corrected chi connectivity index (χ1v) is 11.5. The van der Waals surface area contributed by atoms with E-state index in [0.29, 0.717) is 6.42 Å². The molecule has 33 heavy (non-hydrogen) atoms. The highest BCUT2D eigenvalue weighted by atomic mass is 16.6. The van der Waals surface area contributed by atoms with Crippen molar-refractivity contribution in [1.29, 1.82) is 0 Å². The van der Waals surface area contributed by atoms with Crippen LogP contribution in [0.3, 0.4) is 0 Å². The van der Waals surface area contributed by atoms with Crippen LogP contribution >= 0.6 is 0 Å². The molecule has 2 atom stereocenters. The predicted octanol–water partition coefficient (Wildman–Crippen LogP) is 2.87. The second-order valence-corrected chi connectivity index (χ2v) is 8.91. The fourth-order valence-electron chi connectivity index (χ4n) is 4.57. The molecule has 2 N–H and O–H groups in total. The zero-order valence-electron chi connectivity index (χ0n) is 19.7. The van der Waals surface area contributed by atoms with E-state index in [-0.39, 0.29) is 24.1 Å². The fourth-order valence-corrected chi connectivity index (χ4v) is 4.57. The van der Waals surface area contributed by atoms with Gasteiger partial charge in [0.25, 0.3) is 0 Å². The molecule has 9 nitrogen and oxygen atoms in total. The van der Waals surface area contributed by atoms with Crippen molar-refractivity contribution in [2.45, 2.75) is 52.3 Å². The number of amides is 2. The summed E-state index contributed by atoms with van der Waals surface area (Å²) in [6.45, 7) is 10.9. The minimum Gasteiger partial charge on any atom is -0.447 e. The molecule has 0 radical (unpaired) electrons. The SMILES string of the molecule is CC(=O)N1c2ccc(-c3ccc(N4CCNCC4)nn3)cc2C(NC(=O)OC(C)C)C[C@H]1C. The van der Waals surface area contributed by atoms with E-state index < -0.39 is 6.09 Å². The van der Waals surface area contributed by atoms with Gasteiger partial charge in [0.05, 0.1) is 17.8 Å². The van der Waals surface area contributed by atoms with E-state index in [1.807, 2.05) is 51.1 Å². The Hall–Kier alpha value is -3.20. The highest BCUT2D eigenvalue weighted by Crippen LogP contribution is 2.39. The lowest BCUT2D eigenvalue weighted by atomic mass is 9.90. The first kappa shape index (κ1) is 23.0. The molecule has 0 bridgehead atoms. The molecule has 9 heteroatoms. The third-order valence-corrected chi connectivity index (χ3v) is 6.04. The van der Waals surface area contributed by atoms with E-state index in [4.69, 9.17) is 4.74 Å². The Labute approximate surface area is 194 Å². The van der Waals surface area contributed by atoms with Crippen LogP contribution in [0.4, 0.5) is 16.3 Å². The van der Waals surface area contributed by atoms with Crippen molar-refractivity contribution in [1.82, 2.24) is 20.8 Å². The maximum Gasteiger partial charge on any atom is 0.407 e. The average Bonchev–Trinajstić information content (AvgIpc) is 2.79. The number of nitrogens with zero attached hydrogens (tertiary/aromatic N) is 4. The molecule has 0 aliphatic carbocycles. The molecule has 2 aromatic rings. The maximum absolute atomic E-state index is 12.4. The Morgan fingerprint density at radius 2 is 1.91 bits per heavy atom. The van der Waals surface area contributed by atoms with E-state index >= 15 is 0 Å². The van der Waals surface area contributed by atoms with Crippen molar-refractivity contribution in [2.75, 3.05) is 36.0 Å². The molecule has 0 saturated carbocycles. The number of fused-ring (bicyclic) bond motifs is 1. The summed E-state index contributed by atoms with van der Waals surface area (Å²) in [5.74, 6) is 0.839. The molecule has 4 rings (SSSR count). The van der Waals surface area contributed by atoms with Crippen LogP contribution in [0, 0.1) is 0 Å². The second-order valence-electron chi connectivity index (χ2n) is 8.91. The van der Waals surface area contributed by atoms with Gasteiger partial charge in [-0.25, -0.2) is 4.79 Å². The first-order valence-electron chi connectivity index (χ1n) is 11.5. The van der Waals surface area contributed by atoms with Gasteiger partial charge >= 0.3 is 6.09 Å². The summed E-state index contributed by atoms with van der Waals surface area (Å²) in [5.41, 5.74) is 3.29. The number of aromatic nitrogens is 2. The van der Waals surface area contributed by atoms with Crippen LogP contribution < -0.4 is 20.4 Å². The zero-order chi connectivity index (χ0) is 23.5. The Morgan fingerprint density at radius 3 is 2.55 bits per heavy atom. The van der Waals surface area contributed by atoms with Gasteiger partial charge in [-0.15, -0.1) is 10.2 Å². The smallest absolute Gasteiger partial charge is 0.407 e. The summed E-state index contributed by atoms with van der Waals surface area (Å²) in [5, 5.41) is 15.2. The van der Waals surface area contributed by atoms with Crippen molar-refractivity contribution >= 4 is 23.5 Å². The van der Waals surface area contributed by atoms with Gasteiger partial charge in [0.15, 0.2) is 5.82 Å². The number of hydrogen-bond acceptors (Lipinski definition) is 7.